The molecule has 0 unspecified atom stereocenters. The Bertz CT molecular complexity index is 599. The molecule has 0 aliphatic heterocycles. The highest BCUT2D eigenvalue weighted by molar-refractivity contribution is 5.84. The van der Waals surface area contributed by atoms with E-state index in [1.807, 2.05) is 6.07 Å². The first kappa shape index (κ1) is 10.8. The monoisotopic (exact) mass is 229 g/mol. The van der Waals surface area contributed by atoms with Crippen LogP contribution in [0.3, 0.4) is 0 Å². The zero-order valence-electron chi connectivity index (χ0n) is 8.86. The van der Waals surface area contributed by atoms with Crippen LogP contribution in [0.5, 0.6) is 0 Å². The first-order valence-electron chi connectivity index (χ1n) is 4.60. The lowest BCUT2D eigenvalue weighted by molar-refractivity contribution is 0.0587. The van der Waals surface area contributed by atoms with Crippen LogP contribution in [0.15, 0.2) is 24.8 Å². The second-order valence-electron chi connectivity index (χ2n) is 3.01. The van der Waals surface area contributed by atoms with Crippen molar-refractivity contribution in [2.24, 2.45) is 0 Å². The Hall–Kier alpha value is -2.75. The highest BCUT2D eigenvalue weighted by Crippen LogP contribution is 2.10. The topological polar surface area (TPSA) is 93.7 Å². The third kappa shape index (κ3) is 1.96. The lowest BCUT2D eigenvalue weighted by Crippen LogP contribution is -2.05. The van der Waals surface area contributed by atoms with E-state index in [4.69, 9.17) is 5.26 Å². The quantitative estimate of drug-likeness (QED) is 0.688. The minimum Gasteiger partial charge on any atom is -0.463 e. The molecule has 0 saturated heterocycles. The van der Waals surface area contributed by atoms with E-state index in [-0.39, 0.29) is 5.82 Å². The molecule has 0 bridgehead atoms. The number of hydrogen-bond donors (Lipinski definition) is 0. The lowest BCUT2D eigenvalue weighted by Gasteiger charge is -2.00. The Labute approximate surface area is 96.3 Å². The minimum atomic E-state index is -0.633. The number of ether oxygens (including phenoxy) is 1. The standard InChI is InChI=1S/C10H7N5O2/c1-17-10(16)9-13-6-15(14-9)8-5-12-3-2-7(8)4-11/h2-3,5-6H,1H3. The maximum atomic E-state index is 11.2. The number of carbonyl (C=O) groups excluding carboxylic acids is 1. The van der Waals surface area contributed by atoms with Gasteiger partial charge in [0, 0.05) is 6.20 Å². The summed E-state index contributed by atoms with van der Waals surface area (Å²) in [6, 6.07) is 3.55. The maximum Gasteiger partial charge on any atom is 0.377 e. The molecule has 2 aromatic heterocycles. The Morgan fingerprint density at radius 3 is 3.12 bits per heavy atom. The summed E-state index contributed by atoms with van der Waals surface area (Å²) in [5.74, 6) is -0.702. The van der Waals surface area contributed by atoms with Crippen LogP contribution in [-0.2, 0) is 4.74 Å². The highest BCUT2D eigenvalue weighted by atomic mass is 16.5. The maximum absolute atomic E-state index is 11.2. The van der Waals surface area contributed by atoms with E-state index in [9.17, 15) is 4.79 Å². The number of aromatic nitrogens is 4. The molecule has 0 atom stereocenters. The molecule has 7 heteroatoms. The molecule has 0 N–H and O–H groups in total. The van der Waals surface area contributed by atoms with Crippen LogP contribution in [0.25, 0.3) is 5.69 Å². The first-order valence-corrected chi connectivity index (χ1v) is 4.60. The van der Waals surface area contributed by atoms with E-state index in [2.05, 4.69) is 19.8 Å². The average molecular weight is 229 g/mol. The van der Waals surface area contributed by atoms with Crippen molar-refractivity contribution >= 4 is 5.97 Å². The summed E-state index contributed by atoms with van der Waals surface area (Å²) in [5, 5.41) is 12.8. The van der Waals surface area contributed by atoms with Crippen LogP contribution < -0.4 is 0 Å². The second-order valence-corrected chi connectivity index (χ2v) is 3.01. The van der Waals surface area contributed by atoms with E-state index in [1.165, 1.54) is 30.5 Å². The van der Waals surface area contributed by atoms with Crippen molar-refractivity contribution in [1.29, 1.82) is 5.26 Å². The Balaban J connectivity index is 2.44. The summed E-state index contributed by atoms with van der Waals surface area (Å²) in [6.07, 6.45) is 4.29. The molecule has 0 radical (unpaired) electrons. The van der Waals surface area contributed by atoms with Crippen molar-refractivity contribution in [3.63, 3.8) is 0 Å². The van der Waals surface area contributed by atoms with E-state index >= 15 is 0 Å². The second kappa shape index (κ2) is 4.40. The molecular formula is C10H7N5O2. The Morgan fingerprint density at radius 2 is 2.41 bits per heavy atom. The van der Waals surface area contributed by atoms with Crippen molar-refractivity contribution in [3.05, 3.63) is 36.2 Å². The van der Waals surface area contributed by atoms with Gasteiger partial charge in [0.25, 0.3) is 5.82 Å². The summed E-state index contributed by atoms with van der Waals surface area (Å²) in [6.45, 7) is 0. The fourth-order valence-corrected chi connectivity index (χ4v) is 1.23. The van der Waals surface area contributed by atoms with Crippen LogP contribution in [-0.4, -0.2) is 32.8 Å². The van der Waals surface area contributed by atoms with E-state index in [0.29, 0.717) is 11.3 Å². The molecule has 7 nitrogen and oxygen atoms in total. The summed E-state index contributed by atoms with van der Waals surface area (Å²) in [4.78, 5) is 18.8. The number of rotatable bonds is 2. The summed E-state index contributed by atoms with van der Waals surface area (Å²) >= 11 is 0. The van der Waals surface area contributed by atoms with Gasteiger partial charge in [0.15, 0.2) is 0 Å². The van der Waals surface area contributed by atoms with Crippen molar-refractivity contribution in [2.45, 2.75) is 0 Å². The molecule has 0 fully saturated rings. The predicted octanol–water partition coefficient (Wildman–Crippen LogP) is 0.321. The van der Waals surface area contributed by atoms with Crippen LogP contribution in [0.2, 0.25) is 0 Å². The number of nitriles is 1. The Kier molecular flexibility index (Phi) is 2.79. The average Bonchev–Trinajstić information content (AvgIpc) is 2.87. The number of methoxy groups -OCH3 is 1. The highest BCUT2D eigenvalue weighted by Gasteiger charge is 2.13. The van der Waals surface area contributed by atoms with E-state index < -0.39 is 5.97 Å². The van der Waals surface area contributed by atoms with Gasteiger partial charge >= 0.3 is 5.97 Å². The van der Waals surface area contributed by atoms with Crippen molar-refractivity contribution < 1.29 is 9.53 Å². The normalized spacial score (nSPS) is 9.65. The fourth-order valence-electron chi connectivity index (χ4n) is 1.23. The van der Waals surface area contributed by atoms with Gasteiger partial charge in [-0.2, -0.15) is 5.26 Å². The van der Waals surface area contributed by atoms with Crippen molar-refractivity contribution in [2.75, 3.05) is 7.11 Å². The van der Waals surface area contributed by atoms with Crippen molar-refractivity contribution in [1.82, 2.24) is 19.7 Å². The number of nitrogens with zero attached hydrogens (tertiary/aromatic N) is 5. The molecule has 2 aromatic rings. The fraction of sp³-hybridized carbons (Fsp3) is 0.100. The molecule has 2 rings (SSSR count). The smallest absolute Gasteiger partial charge is 0.377 e. The van der Waals surface area contributed by atoms with Crippen LogP contribution in [0.4, 0.5) is 0 Å². The molecule has 84 valence electrons. The van der Waals surface area contributed by atoms with Gasteiger partial charge in [0.2, 0.25) is 0 Å². The molecule has 0 amide bonds. The third-order valence-electron chi connectivity index (χ3n) is 2.03. The summed E-state index contributed by atoms with van der Waals surface area (Å²) in [7, 11) is 1.24. The molecular weight excluding hydrogens is 222 g/mol. The van der Waals surface area contributed by atoms with Crippen LogP contribution >= 0.6 is 0 Å². The number of pyridine rings is 1. The molecule has 17 heavy (non-hydrogen) atoms. The van der Waals surface area contributed by atoms with Gasteiger partial charge in [0.1, 0.15) is 18.1 Å². The van der Waals surface area contributed by atoms with Crippen molar-refractivity contribution in [3.8, 4) is 11.8 Å². The van der Waals surface area contributed by atoms with Gasteiger partial charge in [0.05, 0.1) is 18.9 Å². The Morgan fingerprint density at radius 1 is 1.59 bits per heavy atom. The van der Waals surface area contributed by atoms with Crippen LogP contribution in [0.1, 0.15) is 16.2 Å². The SMILES string of the molecule is COC(=O)c1ncn(-c2cnccc2C#N)n1. The third-order valence-corrected chi connectivity index (χ3v) is 2.03. The minimum absolute atomic E-state index is 0.0692. The summed E-state index contributed by atoms with van der Waals surface area (Å²) in [5.41, 5.74) is 0.846. The van der Waals surface area contributed by atoms with Gasteiger partial charge in [-0.05, 0) is 6.07 Å². The number of carbonyl (C=O) groups is 1. The van der Waals surface area contributed by atoms with Gasteiger partial charge < -0.3 is 4.74 Å². The summed E-state index contributed by atoms with van der Waals surface area (Å²) < 4.78 is 5.79. The molecule has 0 aliphatic rings. The molecule has 0 aromatic carbocycles. The van der Waals surface area contributed by atoms with Crippen LogP contribution in [0, 0.1) is 11.3 Å². The largest absolute Gasteiger partial charge is 0.463 e. The lowest BCUT2D eigenvalue weighted by atomic mass is 10.2. The molecule has 0 spiro atoms. The van der Waals surface area contributed by atoms with Gasteiger partial charge in [-0.1, -0.05) is 0 Å². The molecule has 0 aliphatic carbocycles. The molecule has 2 heterocycles. The van der Waals surface area contributed by atoms with Gasteiger partial charge in [-0.3, -0.25) is 4.98 Å². The predicted molar refractivity (Wildman–Crippen MR) is 55.2 cm³/mol. The first-order chi connectivity index (χ1) is 8.26. The van der Waals surface area contributed by atoms with Gasteiger partial charge in [-0.25, -0.2) is 14.5 Å². The van der Waals surface area contributed by atoms with Gasteiger partial charge in [-0.15, -0.1) is 5.10 Å². The zero-order chi connectivity index (χ0) is 12.3. The molecule has 0 saturated carbocycles. The number of hydrogen-bond acceptors (Lipinski definition) is 6. The van der Waals surface area contributed by atoms with E-state index in [0.717, 1.165) is 0 Å². The van der Waals surface area contributed by atoms with E-state index in [1.54, 1.807) is 6.07 Å². The zero-order valence-corrected chi connectivity index (χ0v) is 8.86. The number of esters is 1.